The lowest BCUT2D eigenvalue weighted by molar-refractivity contribution is -0.919. The molecule has 2 N–H and O–H groups in total. The Bertz CT molecular complexity index is 868. The Balaban J connectivity index is 1.59. The van der Waals surface area contributed by atoms with Crippen molar-refractivity contribution in [2.45, 2.75) is 13.1 Å². The zero-order valence-corrected chi connectivity index (χ0v) is 16.5. The van der Waals surface area contributed by atoms with E-state index in [1.54, 1.807) is 13.3 Å². The number of hydrogen-bond donors (Lipinski definition) is 2. The van der Waals surface area contributed by atoms with E-state index in [0.29, 0.717) is 6.54 Å². The van der Waals surface area contributed by atoms with Crippen LogP contribution in [-0.2, 0) is 17.9 Å². The first-order valence-electron chi connectivity index (χ1n) is 9.60. The Kier molecular flexibility index (Phi) is 7.55. The Morgan fingerprint density at radius 1 is 0.897 bits per heavy atom. The van der Waals surface area contributed by atoms with Gasteiger partial charge < -0.3 is 9.64 Å². The average molecular weight is 388 g/mol. The third-order valence-electron chi connectivity index (χ3n) is 4.52. The van der Waals surface area contributed by atoms with Gasteiger partial charge in [-0.05, 0) is 29.8 Å². The Hall–Kier alpha value is -3.44. The standard InChI is InChI=1S/C24H25N3O2/c1-29-23-14-12-20(13-15-23)16-25-26-24(28)19-27(17-21-8-4-2-5-9-21)18-22-10-6-3-7-11-22/h2-16H,17-19H2,1H3,(H,26,28)/p+1/b25-16-. The molecular formula is C24H26N3O2+. The van der Waals surface area contributed by atoms with Crippen LogP contribution in [0.5, 0.6) is 5.75 Å². The highest BCUT2D eigenvalue weighted by atomic mass is 16.5. The number of nitrogens with zero attached hydrogens (tertiary/aromatic N) is 1. The first-order chi connectivity index (χ1) is 14.2. The second kappa shape index (κ2) is 10.8. The van der Waals surface area contributed by atoms with Crippen LogP contribution in [0.25, 0.3) is 0 Å². The molecule has 0 unspecified atom stereocenters. The Morgan fingerprint density at radius 3 is 1.97 bits per heavy atom. The van der Waals surface area contributed by atoms with Gasteiger partial charge in [0.2, 0.25) is 0 Å². The molecule has 0 aliphatic carbocycles. The van der Waals surface area contributed by atoms with E-state index in [4.69, 9.17) is 4.74 Å². The summed E-state index contributed by atoms with van der Waals surface area (Å²) in [6.07, 6.45) is 1.63. The Labute approximate surface area is 171 Å². The van der Waals surface area contributed by atoms with Crippen molar-refractivity contribution in [1.82, 2.24) is 5.43 Å². The van der Waals surface area contributed by atoms with Gasteiger partial charge >= 0.3 is 0 Å². The number of methoxy groups -OCH3 is 1. The van der Waals surface area contributed by atoms with E-state index in [0.717, 1.165) is 29.3 Å². The minimum atomic E-state index is -0.114. The molecule has 0 saturated carbocycles. The van der Waals surface area contributed by atoms with E-state index < -0.39 is 0 Å². The highest BCUT2D eigenvalue weighted by molar-refractivity contribution is 5.82. The second-order valence-electron chi connectivity index (χ2n) is 6.82. The maximum atomic E-state index is 12.5. The molecule has 5 nitrogen and oxygen atoms in total. The number of amides is 1. The van der Waals surface area contributed by atoms with E-state index in [1.165, 1.54) is 11.1 Å². The summed E-state index contributed by atoms with van der Waals surface area (Å²) in [6, 6.07) is 27.9. The summed E-state index contributed by atoms with van der Waals surface area (Å²) in [6.45, 7) is 1.88. The largest absolute Gasteiger partial charge is 0.497 e. The molecule has 0 fully saturated rings. The van der Waals surface area contributed by atoms with Crippen molar-refractivity contribution in [3.63, 3.8) is 0 Å². The zero-order valence-electron chi connectivity index (χ0n) is 16.5. The number of hydrogen-bond acceptors (Lipinski definition) is 3. The van der Waals surface area contributed by atoms with Crippen molar-refractivity contribution in [3.05, 3.63) is 102 Å². The Morgan fingerprint density at radius 2 is 1.45 bits per heavy atom. The third-order valence-corrected chi connectivity index (χ3v) is 4.52. The summed E-state index contributed by atoms with van der Waals surface area (Å²) < 4.78 is 5.14. The molecule has 148 valence electrons. The van der Waals surface area contributed by atoms with Gasteiger partial charge in [0.15, 0.2) is 6.54 Å². The van der Waals surface area contributed by atoms with Gasteiger partial charge in [-0.3, -0.25) is 4.79 Å². The summed E-state index contributed by atoms with van der Waals surface area (Å²) in [5, 5.41) is 4.09. The summed E-state index contributed by atoms with van der Waals surface area (Å²) >= 11 is 0. The molecule has 0 bridgehead atoms. The smallest absolute Gasteiger partial charge is 0.295 e. The van der Waals surface area contributed by atoms with Crippen LogP contribution in [0.15, 0.2) is 90.0 Å². The molecule has 0 atom stereocenters. The SMILES string of the molecule is COc1ccc(/C=N\NC(=O)C[NH+](Cc2ccccc2)Cc2ccccc2)cc1. The van der Waals surface area contributed by atoms with Crippen molar-refractivity contribution in [3.8, 4) is 5.75 Å². The fraction of sp³-hybridized carbons (Fsp3) is 0.167. The van der Waals surface area contributed by atoms with E-state index in [9.17, 15) is 4.79 Å². The highest BCUT2D eigenvalue weighted by Crippen LogP contribution is 2.09. The summed E-state index contributed by atoms with van der Waals surface area (Å²) in [5.41, 5.74) is 5.94. The van der Waals surface area contributed by atoms with Gasteiger partial charge in [0.1, 0.15) is 18.8 Å². The van der Waals surface area contributed by atoms with E-state index >= 15 is 0 Å². The average Bonchev–Trinajstić information content (AvgIpc) is 2.75. The predicted molar refractivity (Wildman–Crippen MR) is 115 cm³/mol. The molecular weight excluding hydrogens is 362 g/mol. The minimum Gasteiger partial charge on any atom is -0.497 e. The normalized spacial score (nSPS) is 11.0. The van der Waals surface area contributed by atoms with Crippen molar-refractivity contribution in [2.75, 3.05) is 13.7 Å². The fourth-order valence-electron chi connectivity index (χ4n) is 3.09. The molecule has 3 rings (SSSR count). The van der Waals surface area contributed by atoms with Gasteiger partial charge in [0, 0.05) is 11.1 Å². The molecule has 0 heterocycles. The molecule has 5 heteroatoms. The van der Waals surface area contributed by atoms with Gasteiger partial charge in [-0.1, -0.05) is 60.7 Å². The van der Waals surface area contributed by atoms with E-state index in [1.807, 2.05) is 60.7 Å². The molecule has 3 aromatic rings. The van der Waals surface area contributed by atoms with Crippen LogP contribution in [0, 0.1) is 0 Å². The second-order valence-corrected chi connectivity index (χ2v) is 6.82. The molecule has 0 spiro atoms. The predicted octanol–water partition coefficient (Wildman–Crippen LogP) is 2.43. The summed E-state index contributed by atoms with van der Waals surface area (Å²) in [5.74, 6) is 0.670. The number of carbonyl (C=O) groups is 1. The number of carbonyl (C=O) groups excluding carboxylic acids is 1. The molecule has 29 heavy (non-hydrogen) atoms. The van der Waals surface area contributed by atoms with Crippen LogP contribution >= 0.6 is 0 Å². The minimum absolute atomic E-state index is 0.114. The first kappa shape index (κ1) is 20.3. The van der Waals surface area contributed by atoms with Crippen molar-refractivity contribution in [1.29, 1.82) is 0 Å². The molecule has 3 aromatic carbocycles. The van der Waals surface area contributed by atoms with Gasteiger partial charge in [-0.25, -0.2) is 5.43 Å². The third kappa shape index (κ3) is 6.90. The lowest BCUT2D eigenvalue weighted by Gasteiger charge is -2.19. The summed E-state index contributed by atoms with van der Waals surface area (Å²) in [7, 11) is 1.63. The van der Waals surface area contributed by atoms with Crippen LogP contribution in [-0.4, -0.2) is 25.8 Å². The van der Waals surface area contributed by atoms with Crippen LogP contribution in [0.3, 0.4) is 0 Å². The maximum absolute atomic E-state index is 12.5. The number of benzene rings is 3. The van der Waals surface area contributed by atoms with Gasteiger partial charge in [-0.2, -0.15) is 5.10 Å². The molecule has 0 saturated heterocycles. The molecule has 0 radical (unpaired) electrons. The number of quaternary nitrogens is 1. The van der Waals surface area contributed by atoms with E-state index in [2.05, 4.69) is 34.8 Å². The quantitative estimate of drug-likeness (QED) is 0.437. The topological polar surface area (TPSA) is 55.1 Å². The van der Waals surface area contributed by atoms with Crippen LogP contribution < -0.4 is 15.1 Å². The first-order valence-corrected chi connectivity index (χ1v) is 9.60. The lowest BCUT2D eigenvalue weighted by atomic mass is 10.1. The molecule has 0 aliphatic rings. The molecule has 0 aromatic heterocycles. The number of hydrazone groups is 1. The van der Waals surface area contributed by atoms with Crippen LogP contribution in [0.4, 0.5) is 0 Å². The zero-order chi connectivity index (χ0) is 20.3. The van der Waals surface area contributed by atoms with Gasteiger partial charge in [0.25, 0.3) is 5.91 Å². The van der Waals surface area contributed by atoms with Crippen molar-refractivity contribution >= 4 is 12.1 Å². The number of rotatable bonds is 9. The number of nitrogens with one attached hydrogen (secondary N) is 2. The molecule has 1 amide bonds. The number of ether oxygens (including phenoxy) is 1. The maximum Gasteiger partial charge on any atom is 0.295 e. The summed E-state index contributed by atoms with van der Waals surface area (Å²) in [4.78, 5) is 13.6. The lowest BCUT2D eigenvalue weighted by Crippen LogP contribution is -3.10. The van der Waals surface area contributed by atoms with Crippen molar-refractivity contribution in [2.24, 2.45) is 5.10 Å². The van der Waals surface area contributed by atoms with Crippen LogP contribution in [0.1, 0.15) is 16.7 Å². The van der Waals surface area contributed by atoms with Crippen LogP contribution in [0.2, 0.25) is 0 Å². The van der Waals surface area contributed by atoms with E-state index in [-0.39, 0.29) is 5.91 Å². The van der Waals surface area contributed by atoms with Gasteiger partial charge in [0.05, 0.1) is 13.3 Å². The molecule has 0 aliphatic heterocycles. The van der Waals surface area contributed by atoms with Crippen molar-refractivity contribution < 1.29 is 14.4 Å². The fourth-order valence-corrected chi connectivity index (χ4v) is 3.09. The van der Waals surface area contributed by atoms with Gasteiger partial charge in [-0.15, -0.1) is 0 Å². The monoisotopic (exact) mass is 388 g/mol. The highest BCUT2D eigenvalue weighted by Gasteiger charge is 2.15.